The van der Waals surface area contributed by atoms with Gasteiger partial charge in [0.2, 0.25) is 0 Å². The summed E-state index contributed by atoms with van der Waals surface area (Å²) in [5.41, 5.74) is 2.68. The molecule has 5 nitrogen and oxygen atoms in total. The van der Waals surface area contributed by atoms with E-state index in [0.29, 0.717) is 15.9 Å². The number of hydrogen-bond acceptors (Lipinski definition) is 3. The van der Waals surface area contributed by atoms with Crippen molar-refractivity contribution in [1.82, 2.24) is 0 Å². The van der Waals surface area contributed by atoms with Crippen LogP contribution in [0, 0.1) is 6.92 Å². The minimum absolute atomic E-state index is 0.182. The molecule has 0 bridgehead atoms. The maximum Gasteiger partial charge on any atom is 0.291 e. The monoisotopic (exact) mass is 398 g/mol. The first-order valence-electron chi connectivity index (χ1n) is 7.56. The quantitative estimate of drug-likeness (QED) is 0.659. The van der Waals surface area contributed by atoms with Crippen LogP contribution in [0.15, 0.2) is 69.8 Å². The number of aryl methyl sites for hydroxylation is 1. The number of furan rings is 1. The molecule has 0 radical (unpaired) electrons. The van der Waals surface area contributed by atoms with Crippen LogP contribution in [-0.2, 0) is 0 Å². The lowest BCUT2D eigenvalue weighted by atomic mass is 10.1. The zero-order valence-electron chi connectivity index (χ0n) is 13.4. The van der Waals surface area contributed by atoms with Crippen LogP contribution in [0.1, 0.15) is 26.5 Å². The van der Waals surface area contributed by atoms with Crippen molar-refractivity contribution < 1.29 is 14.0 Å². The van der Waals surface area contributed by atoms with Crippen molar-refractivity contribution in [2.24, 2.45) is 0 Å². The standard InChI is InChI=1S/C19H15BrN2O3/c1-12-5-2-3-8-15(12)22-18(23)13-6-4-7-14(11-13)21-19(24)16-9-10-17(20)25-16/h2-11H,1H3,(H,21,24)(H,22,23). The molecule has 0 saturated carbocycles. The van der Waals surface area contributed by atoms with Gasteiger partial charge in [-0.25, -0.2) is 0 Å². The van der Waals surface area contributed by atoms with Crippen LogP contribution in [0.2, 0.25) is 0 Å². The van der Waals surface area contributed by atoms with Gasteiger partial charge < -0.3 is 15.1 Å². The van der Waals surface area contributed by atoms with Crippen molar-refractivity contribution in [2.45, 2.75) is 6.92 Å². The normalized spacial score (nSPS) is 10.3. The number of carbonyl (C=O) groups is 2. The lowest BCUT2D eigenvalue weighted by Gasteiger charge is -2.09. The lowest BCUT2D eigenvalue weighted by Crippen LogP contribution is -2.14. The molecule has 0 fully saturated rings. The zero-order chi connectivity index (χ0) is 17.8. The van der Waals surface area contributed by atoms with Crippen LogP contribution in [0.25, 0.3) is 0 Å². The first kappa shape index (κ1) is 17.0. The number of amides is 2. The molecular formula is C19H15BrN2O3. The van der Waals surface area contributed by atoms with Gasteiger partial charge in [0.1, 0.15) is 0 Å². The highest BCUT2D eigenvalue weighted by atomic mass is 79.9. The van der Waals surface area contributed by atoms with E-state index in [2.05, 4.69) is 26.6 Å². The molecule has 3 aromatic rings. The predicted molar refractivity (Wildman–Crippen MR) is 99.9 cm³/mol. The lowest BCUT2D eigenvalue weighted by molar-refractivity contribution is 0.0992. The molecule has 1 heterocycles. The highest BCUT2D eigenvalue weighted by Gasteiger charge is 2.12. The van der Waals surface area contributed by atoms with Gasteiger partial charge >= 0.3 is 0 Å². The van der Waals surface area contributed by atoms with E-state index in [1.165, 1.54) is 0 Å². The number of rotatable bonds is 4. The van der Waals surface area contributed by atoms with Gasteiger partial charge in [0.05, 0.1) is 0 Å². The Morgan fingerprint density at radius 1 is 0.920 bits per heavy atom. The first-order valence-corrected chi connectivity index (χ1v) is 8.36. The van der Waals surface area contributed by atoms with E-state index in [-0.39, 0.29) is 17.6 Å². The Bertz CT molecular complexity index is 934. The fourth-order valence-corrected chi connectivity index (χ4v) is 2.58. The van der Waals surface area contributed by atoms with Gasteiger partial charge in [-0.1, -0.05) is 24.3 Å². The minimum Gasteiger partial charge on any atom is -0.444 e. The summed E-state index contributed by atoms with van der Waals surface area (Å²) in [5, 5.41) is 5.57. The molecule has 25 heavy (non-hydrogen) atoms. The molecule has 126 valence electrons. The second-order valence-corrected chi connectivity index (χ2v) is 6.19. The molecule has 0 atom stereocenters. The topological polar surface area (TPSA) is 71.3 Å². The molecule has 2 amide bonds. The summed E-state index contributed by atoms with van der Waals surface area (Å²) in [5.74, 6) is -0.449. The van der Waals surface area contributed by atoms with Crippen LogP contribution >= 0.6 is 15.9 Å². The van der Waals surface area contributed by atoms with E-state index in [1.807, 2.05) is 31.2 Å². The van der Waals surface area contributed by atoms with Crippen molar-refractivity contribution in [3.05, 3.63) is 82.2 Å². The second-order valence-electron chi connectivity index (χ2n) is 5.41. The van der Waals surface area contributed by atoms with Crippen molar-refractivity contribution in [3.63, 3.8) is 0 Å². The largest absolute Gasteiger partial charge is 0.444 e. The van der Waals surface area contributed by atoms with Crippen LogP contribution < -0.4 is 10.6 Å². The molecule has 2 N–H and O–H groups in total. The van der Waals surface area contributed by atoms with E-state index in [1.54, 1.807) is 36.4 Å². The molecule has 1 aromatic heterocycles. The summed E-state index contributed by atoms with van der Waals surface area (Å²) in [4.78, 5) is 24.5. The Kier molecular flexibility index (Phi) is 5.00. The number of hydrogen-bond donors (Lipinski definition) is 2. The summed E-state index contributed by atoms with van der Waals surface area (Å²) >= 11 is 3.15. The van der Waals surface area contributed by atoms with E-state index < -0.39 is 0 Å². The number of benzene rings is 2. The van der Waals surface area contributed by atoms with Crippen molar-refractivity contribution >= 4 is 39.1 Å². The highest BCUT2D eigenvalue weighted by Crippen LogP contribution is 2.18. The van der Waals surface area contributed by atoms with Gasteiger partial charge in [0.25, 0.3) is 11.8 Å². The second kappa shape index (κ2) is 7.36. The Hall–Kier alpha value is -2.86. The zero-order valence-corrected chi connectivity index (χ0v) is 15.0. The third-order valence-electron chi connectivity index (χ3n) is 3.57. The number of para-hydroxylation sites is 1. The molecule has 0 saturated heterocycles. The number of carbonyl (C=O) groups excluding carboxylic acids is 2. The maximum absolute atomic E-state index is 12.4. The average Bonchev–Trinajstić information content (AvgIpc) is 3.04. The van der Waals surface area contributed by atoms with E-state index in [0.717, 1.165) is 11.3 Å². The maximum atomic E-state index is 12.4. The molecule has 0 spiro atoms. The van der Waals surface area contributed by atoms with Gasteiger partial charge in [-0.15, -0.1) is 0 Å². The molecule has 6 heteroatoms. The van der Waals surface area contributed by atoms with Crippen molar-refractivity contribution in [2.75, 3.05) is 10.6 Å². The number of anilines is 2. The Balaban J connectivity index is 1.74. The summed E-state index contributed by atoms with van der Waals surface area (Å²) < 4.78 is 5.69. The Morgan fingerprint density at radius 3 is 2.44 bits per heavy atom. The predicted octanol–water partition coefficient (Wildman–Crippen LogP) is 4.86. The van der Waals surface area contributed by atoms with Gasteiger partial charge in [-0.05, 0) is 64.8 Å². The molecule has 3 rings (SSSR count). The molecule has 2 aromatic carbocycles. The van der Waals surface area contributed by atoms with Gasteiger partial charge in [-0.3, -0.25) is 9.59 Å². The molecule has 0 unspecified atom stereocenters. The van der Waals surface area contributed by atoms with E-state index >= 15 is 0 Å². The minimum atomic E-state index is -0.387. The smallest absolute Gasteiger partial charge is 0.291 e. The molecule has 0 aliphatic carbocycles. The van der Waals surface area contributed by atoms with Gasteiger partial charge in [0, 0.05) is 16.9 Å². The van der Waals surface area contributed by atoms with Crippen molar-refractivity contribution in [1.29, 1.82) is 0 Å². The van der Waals surface area contributed by atoms with Gasteiger partial charge in [-0.2, -0.15) is 0 Å². The third-order valence-corrected chi connectivity index (χ3v) is 4.00. The van der Waals surface area contributed by atoms with Crippen LogP contribution in [0.4, 0.5) is 11.4 Å². The molecule has 0 aliphatic rings. The number of halogens is 1. The first-order chi connectivity index (χ1) is 12.0. The van der Waals surface area contributed by atoms with Crippen LogP contribution in [0.3, 0.4) is 0 Å². The molecular weight excluding hydrogens is 384 g/mol. The Morgan fingerprint density at radius 2 is 1.72 bits per heavy atom. The van der Waals surface area contributed by atoms with Crippen LogP contribution in [0.5, 0.6) is 0 Å². The van der Waals surface area contributed by atoms with E-state index in [4.69, 9.17) is 4.42 Å². The van der Waals surface area contributed by atoms with Gasteiger partial charge in [0.15, 0.2) is 10.4 Å². The summed E-state index contributed by atoms with van der Waals surface area (Å²) in [7, 11) is 0. The average molecular weight is 399 g/mol. The SMILES string of the molecule is Cc1ccccc1NC(=O)c1cccc(NC(=O)c2ccc(Br)o2)c1. The fraction of sp³-hybridized carbons (Fsp3) is 0.0526. The molecule has 0 aliphatic heterocycles. The van der Waals surface area contributed by atoms with Crippen LogP contribution in [-0.4, -0.2) is 11.8 Å². The summed E-state index contributed by atoms with van der Waals surface area (Å²) in [6, 6.07) is 17.5. The summed E-state index contributed by atoms with van der Waals surface area (Å²) in [6.45, 7) is 1.92. The third kappa shape index (κ3) is 4.16. The Labute approximate surface area is 153 Å². The number of nitrogens with one attached hydrogen (secondary N) is 2. The highest BCUT2D eigenvalue weighted by molar-refractivity contribution is 9.10. The van der Waals surface area contributed by atoms with Crippen molar-refractivity contribution in [3.8, 4) is 0 Å². The fourth-order valence-electron chi connectivity index (χ4n) is 2.27. The summed E-state index contributed by atoms with van der Waals surface area (Å²) in [6.07, 6.45) is 0. The van der Waals surface area contributed by atoms with E-state index in [9.17, 15) is 9.59 Å².